The number of carbonyl (C=O) groups is 1. The Hall–Kier alpha value is -2.36. The molecule has 0 amide bonds. The summed E-state index contributed by atoms with van der Waals surface area (Å²) < 4.78 is 9.95. The minimum Gasteiger partial charge on any atom is -0.462 e. The van der Waals surface area contributed by atoms with E-state index >= 15 is 0 Å². The van der Waals surface area contributed by atoms with Crippen molar-refractivity contribution in [1.29, 1.82) is 0 Å². The Balaban J connectivity index is 2.12. The molecule has 1 aromatic carbocycles. The zero-order valence-corrected chi connectivity index (χ0v) is 9.72. The molecule has 92 valence electrons. The largest absolute Gasteiger partial charge is 0.462 e. The SMILES string of the molecule is C=CC(=O)OCCc1ccc2ccc(=O)oc2c1. The molecule has 4 nitrogen and oxygen atoms in total. The van der Waals surface area contributed by atoms with Gasteiger partial charge in [0, 0.05) is 23.9 Å². The summed E-state index contributed by atoms with van der Waals surface area (Å²) in [6.45, 7) is 3.58. The van der Waals surface area contributed by atoms with Gasteiger partial charge in [0.05, 0.1) is 6.61 Å². The zero-order chi connectivity index (χ0) is 13.0. The molecule has 2 aromatic rings. The number of fused-ring (bicyclic) bond motifs is 1. The van der Waals surface area contributed by atoms with Crippen LogP contribution in [0.1, 0.15) is 5.56 Å². The van der Waals surface area contributed by atoms with Crippen LogP contribution in [0, 0.1) is 0 Å². The molecule has 0 fully saturated rings. The van der Waals surface area contributed by atoms with E-state index in [1.807, 2.05) is 12.1 Å². The van der Waals surface area contributed by atoms with E-state index in [0.717, 1.165) is 17.0 Å². The molecule has 0 bridgehead atoms. The minimum absolute atomic E-state index is 0.271. The van der Waals surface area contributed by atoms with Gasteiger partial charge < -0.3 is 9.15 Å². The first-order chi connectivity index (χ1) is 8.69. The molecule has 0 atom stereocenters. The lowest BCUT2D eigenvalue weighted by Gasteiger charge is -2.03. The molecule has 0 saturated carbocycles. The normalized spacial score (nSPS) is 10.2. The van der Waals surface area contributed by atoms with Crippen molar-refractivity contribution in [3.8, 4) is 0 Å². The minimum atomic E-state index is -0.442. The summed E-state index contributed by atoms with van der Waals surface area (Å²) in [5.41, 5.74) is 1.10. The Morgan fingerprint density at radius 3 is 2.89 bits per heavy atom. The van der Waals surface area contributed by atoms with Gasteiger partial charge in [0.15, 0.2) is 0 Å². The van der Waals surface area contributed by atoms with E-state index in [4.69, 9.17) is 9.15 Å². The van der Waals surface area contributed by atoms with Gasteiger partial charge in [-0.05, 0) is 17.7 Å². The van der Waals surface area contributed by atoms with Gasteiger partial charge in [0.2, 0.25) is 0 Å². The number of esters is 1. The van der Waals surface area contributed by atoms with Gasteiger partial charge in [-0.15, -0.1) is 0 Å². The molecule has 0 aliphatic heterocycles. The van der Waals surface area contributed by atoms with Gasteiger partial charge in [-0.25, -0.2) is 9.59 Å². The molecule has 0 saturated heterocycles. The topological polar surface area (TPSA) is 56.5 Å². The molecule has 1 heterocycles. The van der Waals surface area contributed by atoms with Crippen LogP contribution in [0.2, 0.25) is 0 Å². The van der Waals surface area contributed by atoms with Crippen molar-refractivity contribution in [2.45, 2.75) is 6.42 Å². The van der Waals surface area contributed by atoms with E-state index in [1.165, 1.54) is 6.07 Å². The van der Waals surface area contributed by atoms with E-state index in [1.54, 1.807) is 12.1 Å². The van der Waals surface area contributed by atoms with Crippen molar-refractivity contribution in [3.05, 3.63) is 59.0 Å². The summed E-state index contributed by atoms with van der Waals surface area (Å²) in [5, 5.41) is 0.862. The van der Waals surface area contributed by atoms with Crippen molar-refractivity contribution in [2.24, 2.45) is 0 Å². The summed E-state index contributed by atoms with van der Waals surface area (Å²) in [4.78, 5) is 21.9. The van der Waals surface area contributed by atoms with E-state index in [9.17, 15) is 9.59 Å². The predicted molar refractivity (Wildman–Crippen MR) is 67.3 cm³/mol. The summed E-state index contributed by atoms with van der Waals surface area (Å²) in [6, 6.07) is 8.64. The molecule has 18 heavy (non-hydrogen) atoms. The number of carbonyl (C=O) groups excluding carboxylic acids is 1. The molecule has 0 aliphatic rings. The fourth-order valence-corrected chi connectivity index (χ4v) is 1.59. The molecule has 0 N–H and O–H groups in total. The molecule has 2 rings (SSSR count). The van der Waals surface area contributed by atoms with Crippen LogP contribution in [0.15, 0.2) is 52.2 Å². The average Bonchev–Trinajstić information content (AvgIpc) is 2.38. The zero-order valence-electron chi connectivity index (χ0n) is 9.72. The fraction of sp³-hybridized carbons (Fsp3) is 0.143. The van der Waals surface area contributed by atoms with Crippen molar-refractivity contribution < 1.29 is 13.9 Å². The highest BCUT2D eigenvalue weighted by Gasteiger charge is 2.01. The molecular formula is C14H12O4. The number of ether oxygens (including phenoxy) is 1. The molecule has 0 spiro atoms. The number of benzene rings is 1. The first-order valence-corrected chi connectivity index (χ1v) is 5.51. The Labute approximate surface area is 103 Å². The molecule has 0 radical (unpaired) electrons. The van der Waals surface area contributed by atoms with Gasteiger partial charge >= 0.3 is 11.6 Å². The lowest BCUT2D eigenvalue weighted by molar-refractivity contribution is -0.137. The maximum Gasteiger partial charge on any atom is 0.336 e. The van der Waals surface area contributed by atoms with E-state index < -0.39 is 5.97 Å². The van der Waals surface area contributed by atoms with Gasteiger partial charge in [-0.1, -0.05) is 18.7 Å². The Morgan fingerprint density at radius 2 is 2.11 bits per heavy atom. The van der Waals surface area contributed by atoms with Crippen molar-refractivity contribution in [2.75, 3.05) is 6.61 Å². The van der Waals surface area contributed by atoms with Crippen LogP contribution in [-0.4, -0.2) is 12.6 Å². The standard InChI is InChI=1S/C14H12O4/c1-2-13(15)17-8-7-10-3-4-11-5-6-14(16)18-12(11)9-10/h2-6,9H,1,7-8H2. The third kappa shape index (κ3) is 2.85. The lowest BCUT2D eigenvalue weighted by Crippen LogP contribution is -2.04. The maximum absolute atomic E-state index is 11.1. The molecule has 1 aromatic heterocycles. The van der Waals surface area contributed by atoms with Crippen LogP contribution < -0.4 is 5.63 Å². The highest BCUT2D eigenvalue weighted by atomic mass is 16.5. The van der Waals surface area contributed by atoms with Gasteiger partial charge in [0.25, 0.3) is 0 Å². The smallest absolute Gasteiger partial charge is 0.336 e. The van der Waals surface area contributed by atoms with E-state index in [2.05, 4.69) is 6.58 Å². The summed E-state index contributed by atoms with van der Waals surface area (Å²) in [7, 11) is 0. The van der Waals surface area contributed by atoms with Gasteiger partial charge in [-0.3, -0.25) is 0 Å². The van der Waals surface area contributed by atoms with Gasteiger partial charge in [0.1, 0.15) is 5.58 Å². The third-order valence-corrected chi connectivity index (χ3v) is 2.49. The number of rotatable bonds is 4. The number of hydrogen-bond acceptors (Lipinski definition) is 4. The second-order valence-electron chi connectivity index (χ2n) is 3.75. The highest BCUT2D eigenvalue weighted by Crippen LogP contribution is 2.14. The Morgan fingerprint density at radius 1 is 1.33 bits per heavy atom. The monoisotopic (exact) mass is 244 g/mol. The summed E-state index contributed by atoms with van der Waals surface area (Å²) in [6.07, 6.45) is 1.69. The first kappa shape index (κ1) is 12.1. The predicted octanol–water partition coefficient (Wildman–Crippen LogP) is 2.06. The molecule has 4 heteroatoms. The third-order valence-electron chi connectivity index (χ3n) is 2.49. The van der Waals surface area contributed by atoms with Crippen molar-refractivity contribution >= 4 is 16.9 Å². The quantitative estimate of drug-likeness (QED) is 0.469. The molecular weight excluding hydrogens is 232 g/mol. The maximum atomic E-state index is 11.1. The number of hydrogen-bond donors (Lipinski definition) is 0. The van der Waals surface area contributed by atoms with E-state index in [-0.39, 0.29) is 12.2 Å². The van der Waals surface area contributed by atoms with Crippen LogP contribution in [0.25, 0.3) is 11.0 Å². The summed E-state index contributed by atoms with van der Waals surface area (Å²) in [5.74, 6) is -0.442. The van der Waals surface area contributed by atoms with Crippen LogP contribution in [0.3, 0.4) is 0 Å². The fourth-order valence-electron chi connectivity index (χ4n) is 1.59. The first-order valence-electron chi connectivity index (χ1n) is 5.51. The average molecular weight is 244 g/mol. The molecule has 0 unspecified atom stereocenters. The Bertz CT molecular complexity index is 640. The highest BCUT2D eigenvalue weighted by molar-refractivity contribution is 5.81. The van der Waals surface area contributed by atoms with Crippen LogP contribution >= 0.6 is 0 Å². The van der Waals surface area contributed by atoms with Crippen LogP contribution in [0.4, 0.5) is 0 Å². The second kappa shape index (κ2) is 5.31. The van der Waals surface area contributed by atoms with Gasteiger partial charge in [-0.2, -0.15) is 0 Å². The van der Waals surface area contributed by atoms with Crippen LogP contribution in [-0.2, 0) is 16.0 Å². The lowest BCUT2D eigenvalue weighted by atomic mass is 10.1. The Kier molecular flexibility index (Phi) is 3.57. The molecule has 0 aliphatic carbocycles. The van der Waals surface area contributed by atoms with Crippen molar-refractivity contribution in [3.63, 3.8) is 0 Å². The van der Waals surface area contributed by atoms with E-state index in [0.29, 0.717) is 12.0 Å². The van der Waals surface area contributed by atoms with Crippen molar-refractivity contribution in [1.82, 2.24) is 0 Å². The second-order valence-corrected chi connectivity index (χ2v) is 3.75. The van der Waals surface area contributed by atoms with Crippen LogP contribution in [0.5, 0.6) is 0 Å². The summed E-state index contributed by atoms with van der Waals surface area (Å²) >= 11 is 0.